The van der Waals surface area contributed by atoms with E-state index in [1.54, 1.807) is 0 Å². The number of nitrogens with zero attached hydrogens (tertiary/aromatic N) is 2. The maximum atomic E-state index is 11.2. The van der Waals surface area contributed by atoms with Crippen molar-refractivity contribution in [1.29, 1.82) is 0 Å². The molecule has 5 aliphatic rings. The molecule has 2 aromatic rings. The maximum absolute atomic E-state index is 11.2. The lowest BCUT2D eigenvalue weighted by Gasteiger charge is -2.61. The van der Waals surface area contributed by atoms with Crippen molar-refractivity contribution in [2.75, 3.05) is 14.1 Å². The van der Waals surface area contributed by atoms with Gasteiger partial charge in [0.2, 0.25) is 0 Å². The molecule has 5 nitrogen and oxygen atoms in total. The molecule has 190 valence electrons. The summed E-state index contributed by atoms with van der Waals surface area (Å²) in [4.78, 5) is 5.77. The lowest BCUT2D eigenvalue weighted by Crippen LogP contribution is -2.68. The molecule has 2 spiro atoms. The molecule has 2 saturated carbocycles. The van der Waals surface area contributed by atoms with Crippen LogP contribution in [0.25, 0.3) is 16.3 Å². The van der Waals surface area contributed by atoms with E-state index < -0.39 is 28.3 Å². The summed E-state index contributed by atoms with van der Waals surface area (Å²) in [7, 11) is 3.93. The maximum Gasteiger partial charge on any atom is 0.105 e. The monoisotopic (exact) mass is 506 g/mol. The molecule has 1 aromatic carbocycles. The molecule has 8 atom stereocenters. The second-order valence-electron chi connectivity index (χ2n) is 12.3. The first kappa shape index (κ1) is 23.4. The minimum Gasteiger partial charge on any atom is -0.388 e. The number of aromatic nitrogens is 1. The molecule has 36 heavy (non-hydrogen) atoms. The van der Waals surface area contributed by atoms with Gasteiger partial charge in [-0.1, -0.05) is 37.3 Å². The summed E-state index contributed by atoms with van der Waals surface area (Å²) >= 11 is 7.57. The Morgan fingerprint density at radius 1 is 1.11 bits per heavy atom. The zero-order chi connectivity index (χ0) is 25.1. The van der Waals surface area contributed by atoms with E-state index in [4.69, 9.17) is 16.3 Å². The smallest absolute Gasteiger partial charge is 0.105 e. The highest BCUT2D eigenvalue weighted by molar-refractivity contribution is 6.26. The third-order valence-corrected chi connectivity index (χ3v) is 11.2. The van der Waals surface area contributed by atoms with Crippen LogP contribution in [0.4, 0.5) is 0 Å². The summed E-state index contributed by atoms with van der Waals surface area (Å²) in [6.45, 7) is 2.41. The zero-order valence-corrected chi connectivity index (χ0v) is 22.0. The molecule has 0 amide bonds. The van der Waals surface area contributed by atoms with Crippen LogP contribution < -0.4 is 0 Å². The number of allylic oxidation sites excluding steroid dienone is 2. The molecule has 3 fully saturated rings. The second-order valence-corrected chi connectivity index (χ2v) is 13.0. The standard InChI is InChI=1S/C30H35ClN2O3/c1-27-10-12-29(31)15-22-25(34)26(35)23(33(2)3)16-28(22)11-13-30(29,36-28)24(27)8-7-21(27)19-6-4-5-18-9-14-32-17-20(18)19/h4-7,9,14-15,17,23-26,34-35H,8,10-13,16H2,1-3H3. The first-order valence-corrected chi connectivity index (χ1v) is 13.7. The molecular formula is C30H35ClN2O3. The van der Waals surface area contributed by atoms with Gasteiger partial charge in [-0.05, 0) is 86.2 Å². The van der Waals surface area contributed by atoms with E-state index in [0.717, 1.165) is 37.7 Å². The number of pyridine rings is 1. The number of aliphatic hydroxyl groups is 2. The predicted octanol–water partition coefficient (Wildman–Crippen LogP) is 4.70. The van der Waals surface area contributed by atoms with Crippen molar-refractivity contribution in [2.45, 2.75) is 79.8 Å². The van der Waals surface area contributed by atoms with Gasteiger partial charge in [0.1, 0.15) is 6.10 Å². The normalized spacial score (nSPS) is 45.2. The van der Waals surface area contributed by atoms with E-state index in [1.165, 1.54) is 21.9 Å². The van der Waals surface area contributed by atoms with Gasteiger partial charge >= 0.3 is 0 Å². The number of halogens is 1. The van der Waals surface area contributed by atoms with Crippen molar-refractivity contribution in [3.63, 3.8) is 0 Å². The fraction of sp³-hybridized carbons (Fsp3) is 0.567. The average Bonchev–Trinajstić information content (AvgIpc) is 3.39. The van der Waals surface area contributed by atoms with Crippen LogP contribution in [-0.2, 0) is 4.74 Å². The van der Waals surface area contributed by atoms with Gasteiger partial charge in [0.25, 0.3) is 0 Å². The quantitative estimate of drug-likeness (QED) is 0.456. The number of rotatable bonds is 2. The molecule has 6 heteroatoms. The molecule has 2 N–H and O–H groups in total. The summed E-state index contributed by atoms with van der Waals surface area (Å²) < 4.78 is 7.29. The fourth-order valence-corrected chi connectivity index (χ4v) is 9.23. The molecule has 2 aliphatic heterocycles. The van der Waals surface area contributed by atoms with Crippen molar-refractivity contribution in [2.24, 2.45) is 11.3 Å². The minimum absolute atomic E-state index is 0.0624. The molecule has 3 aliphatic carbocycles. The van der Waals surface area contributed by atoms with Crippen molar-refractivity contribution < 1.29 is 14.9 Å². The van der Waals surface area contributed by atoms with Crippen LogP contribution in [0.2, 0.25) is 0 Å². The number of aliphatic hydroxyl groups excluding tert-OH is 2. The van der Waals surface area contributed by atoms with Gasteiger partial charge in [-0.25, -0.2) is 0 Å². The number of fused-ring (bicyclic) bond motifs is 2. The van der Waals surface area contributed by atoms with E-state index in [9.17, 15) is 10.2 Å². The zero-order valence-electron chi connectivity index (χ0n) is 21.2. The molecule has 3 heterocycles. The Morgan fingerprint density at radius 3 is 2.75 bits per heavy atom. The van der Waals surface area contributed by atoms with Crippen molar-refractivity contribution in [3.8, 4) is 0 Å². The predicted molar refractivity (Wildman–Crippen MR) is 142 cm³/mol. The Labute approximate surface area is 217 Å². The van der Waals surface area contributed by atoms with Gasteiger partial charge < -0.3 is 19.8 Å². The highest BCUT2D eigenvalue weighted by Crippen LogP contribution is 2.72. The van der Waals surface area contributed by atoms with Crippen molar-refractivity contribution >= 4 is 27.9 Å². The lowest BCUT2D eigenvalue weighted by atomic mass is 9.54. The molecule has 1 aromatic heterocycles. The Kier molecular flexibility index (Phi) is 4.82. The van der Waals surface area contributed by atoms with Gasteiger partial charge in [0.15, 0.2) is 0 Å². The van der Waals surface area contributed by atoms with E-state index in [0.29, 0.717) is 6.42 Å². The Balaban J connectivity index is 1.33. The van der Waals surface area contributed by atoms with Gasteiger partial charge in [-0.2, -0.15) is 0 Å². The first-order valence-electron chi connectivity index (χ1n) is 13.3. The highest BCUT2D eigenvalue weighted by atomic mass is 35.5. The summed E-state index contributed by atoms with van der Waals surface area (Å²) in [5.74, 6) is 0.247. The van der Waals surface area contributed by atoms with Crippen molar-refractivity contribution in [3.05, 3.63) is 59.9 Å². The van der Waals surface area contributed by atoms with Gasteiger partial charge in [-0.15, -0.1) is 11.6 Å². The first-order chi connectivity index (χ1) is 17.1. The number of benzene rings is 1. The highest BCUT2D eigenvalue weighted by Gasteiger charge is 2.73. The van der Waals surface area contributed by atoms with Gasteiger partial charge in [-0.3, -0.25) is 4.98 Å². The van der Waals surface area contributed by atoms with Crippen LogP contribution in [0.5, 0.6) is 0 Å². The third-order valence-electron chi connectivity index (χ3n) is 10.6. The Morgan fingerprint density at radius 2 is 1.94 bits per heavy atom. The van der Waals surface area contributed by atoms with Gasteiger partial charge in [0.05, 0.1) is 22.2 Å². The third kappa shape index (κ3) is 2.74. The van der Waals surface area contributed by atoms with E-state index >= 15 is 0 Å². The lowest BCUT2D eigenvalue weighted by molar-refractivity contribution is -0.199. The van der Waals surface area contributed by atoms with Crippen LogP contribution in [0, 0.1) is 11.3 Å². The topological polar surface area (TPSA) is 65.8 Å². The Hall–Kier alpha value is -1.76. The van der Waals surface area contributed by atoms with Crippen molar-refractivity contribution in [1.82, 2.24) is 9.88 Å². The molecule has 7 rings (SSSR count). The number of alkyl halides is 1. The van der Waals surface area contributed by atoms with Gasteiger partial charge in [0, 0.05) is 29.7 Å². The van der Waals surface area contributed by atoms with E-state index in [2.05, 4.69) is 48.3 Å². The van der Waals surface area contributed by atoms with Crippen LogP contribution in [0.1, 0.15) is 51.0 Å². The summed E-state index contributed by atoms with van der Waals surface area (Å²) in [6, 6.07) is 8.46. The fourth-order valence-electron chi connectivity index (χ4n) is 8.75. The summed E-state index contributed by atoms with van der Waals surface area (Å²) in [5, 5.41) is 24.6. The average molecular weight is 507 g/mol. The number of hydrogen-bond acceptors (Lipinski definition) is 5. The molecule has 0 radical (unpaired) electrons. The molecular weight excluding hydrogens is 472 g/mol. The summed E-state index contributed by atoms with van der Waals surface area (Å²) in [5.41, 5.74) is 2.36. The number of ether oxygens (including phenoxy) is 1. The molecule has 8 unspecified atom stereocenters. The van der Waals surface area contributed by atoms with Crippen LogP contribution in [0.15, 0.2) is 54.4 Å². The summed E-state index contributed by atoms with van der Waals surface area (Å²) in [6.07, 6.45) is 11.6. The Bertz CT molecular complexity index is 1320. The molecule has 2 bridgehead atoms. The van der Waals surface area contributed by atoms with Crippen LogP contribution in [0.3, 0.4) is 0 Å². The van der Waals surface area contributed by atoms with E-state index in [-0.39, 0.29) is 17.4 Å². The SMILES string of the molecule is CN(C)C1CC23CCC4(O2)C2CC=C(c5cccc6ccncc56)C2(C)CCC4(Cl)C=C3C(O)C1O. The van der Waals surface area contributed by atoms with Crippen LogP contribution in [-0.4, -0.2) is 68.5 Å². The number of likely N-dealkylation sites (N-methyl/N-ethyl adjacent to an activating group) is 1. The second kappa shape index (κ2) is 7.42. The number of hydrogen-bond donors (Lipinski definition) is 2. The minimum atomic E-state index is -0.952. The van der Waals surface area contributed by atoms with E-state index in [1.807, 2.05) is 31.4 Å². The largest absolute Gasteiger partial charge is 0.388 e. The molecule has 1 saturated heterocycles. The van der Waals surface area contributed by atoms with Crippen LogP contribution >= 0.6 is 11.6 Å².